The summed E-state index contributed by atoms with van der Waals surface area (Å²) in [7, 11) is 0. The molecule has 3 aromatic rings. The molecule has 0 spiro atoms. The highest BCUT2D eigenvalue weighted by atomic mass is 32.2. The van der Waals surface area contributed by atoms with Crippen LogP contribution in [0.4, 0.5) is 0 Å². The van der Waals surface area contributed by atoms with Gasteiger partial charge in [-0.15, -0.1) is 22.7 Å². The van der Waals surface area contributed by atoms with Crippen LogP contribution in [0.3, 0.4) is 0 Å². The van der Waals surface area contributed by atoms with E-state index in [0.29, 0.717) is 22.8 Å². The van der Waals surface area contributed by atoms with Crippen molar-refractivity contribution < 1.29 is 5.11 Å². The predicted octanol–water partition coefficient (Wildman–Crippen LogP) is 3.29. The molecule has 0 saturated heterocycles. The maximum Gasteiger partial charge on any atom is 0.263 e. The summed E-state index contributed by atoms with van der Waals surface area (Å²) in [6.07, 6.45) is 0. The molecule has 4 nitrogen and oxygen atoms in total. The quantitative estimate of drug-likeness (QED) is 0.573. The summed E-state index contributed by atoms with van der Waals surface area (Å²) in [6, 6.07) is 4.01. The Bertz CT molecular complexity index is 806. The van der Waals surface area contributed by atoms with Crippen LogP contribution in [0.15, 0.2) is 32.8 Å². The predicted molar refractivity (Wildman–Crippen MR) is 90.7 cm³/mol. The van der Waals surface area contributed by atoms with E-state index in [4.69, 9.17) is 5.11 Å². The van der Waals surface area contributed by atoms with E-state index in [2.05, 4.69) is 4.98 Å². The lowest BCUT2D eigenvalue weighted by atomic mass is 10.2. The van der Waals surface area contributed by atoms with Crippen LogP contribution in [-0.4, -0.2) is 27.0 Å². The highest BCUT2D eigenvalue weighted by Crippen LogP contribution is 2.34. The van der Waals surface area contributed by atoms with Crippen molar-refractivity contribution in [3.8, 4) is 10.4 Å². The molecule has 0 bridgehead atoms. The second kappa shape index (κ2) is 6.31. The third kappa shape index (κ3) is 2.66. The van der Waals surface area contributed by atoms with Crippen molar-refractivity contribution in [1.82, 2.24) is 9.55 Å². The zero-order valence-electron chi connectivity index (χ0n) is 11.4. The summed E-state index contributed by atoms with van der Waals surface area (Å²) < 4.78 is 1.69. The van der Waals surface area contributed by atoms with Crippen LogP contribution in [-0.2, 0) is 6.54 Å². The smallest absolute Gasteiger partial charge is 0.263 e. The van der Waals surface area contributed by atoms with Crippen molar-refractivity contribution in [1.29, 1.82) is 0 Å². The number of rotatable bonds is 5. The number of aromatic nitrogens is 2. The standard InChI is InChI=1S/C14H14N2O2S3/c1-2-16-13(18)11-9(10-4-3-6-19-10)8-21-12(11)15-14(16)20-7-5-17/h3-4,6,8,17H,2,5,7H2,1H3. The Kier molecular flexibility index (Phi) is 4.44. The van der Waals surface area contributed by atoms with Gasteiger partial charge in [-0.1, -0.05) is 17.8 Å². The van der Waals surface area contributed by atoms with Gasteiger partial charge in [0.1, 0.15) is 4.83 Å². The van der Waals surface area contributed by atoms with Gasteiger partial charge >= 0.3 is 0 Å². The lowest BCUT2D eigenvalue weighted by molar-refractivity contribution is 0.322. The molecule has 0 unspecified atom stereocenters. The SMILES string of the molecule is CCn1c(SCCO)nc2scc(-c3cccs3)c2c1=O. The molecular formula is C14H14N2O2S3. The molecule has 3 heterocycles. The van der Waals surface area contributed by atoms with Gasteiger partial charge in [-0.2, -0.15) is 0 Å². The number of nitrogens with zero attached hydrogens (tertiary/aromatic N) is 2. The van der Waals surface area contributed by atoms with Crippen molar-refractivity contribution in [2.45, 2.75) is 18.6 Å². The van der Waals surface area contributed by atoms with Gasteiger partial charge in [-0.25, -0.2) is 4.98 Å². The van der Waals surface area contributed by atoms with Crippen molar-refractivity contribution >= 4 is 44.7 Å². The van der Waals surface area contributed by atoms with Gasteiger partial charge in [0.05, 0.1) is 12.0 Å². The Morgan fingerprint density at radius 1 is 1.43 bits per heavy atom. The van der Waals surface area contributed by atoms with Crippen molar-refractivity contribution in [3.05, 3.63) is 33.2 Å². The molecule has 0 fully saturated rings. The van der Waals surface area contributed by atoms with E-state index in [1.54, 1.807) is 15.9 Å². The number of fused-ring (bicyclic) bond motifs is 1. The van der Waals surface area contributed by atoms with Gasteiger partial charge in [0, 0.05) is 28.1 Å². The molecule has 0 aromatic carbocycles. The number of thioether (sulfide) groups is 1. The van der Waals surface area contributed by atoms with Gasteiger partial charge < -0.3 is 5.11 Å². The largest absolute Gasteiger partial charge is 0.396 e. The van der Waals surface area contributed by atoms with Crippen molar-refractivity contribution in [2.24, 2.45) is 0 Å². The van der Waals surface area contributed by atoms with E-state index in [1.165, 1.54) is 23.1 Å². The maximum absolute atomic E-state index is 12.8. The lowest BCUT2D eigenvalue weighted by Gasteiger charge is -2.09. The molecule has 21 heavy (non-hydrogen) atoms. The second-order valence-corrected chi connectivity index (χ2v) is 7.19. The fourth-order valence-corrected chi connectivity index (χ4v) is 4.75. The van der Waals surface area contributed by atoms with E-state index in [0.717, 1.165) is 15.3 Å². The van der Waals surface area contributed by atoms with Gasteiger partial charge in [0.25, 0.3) is 5.56 Å². The average Bonchev–Trinajstić information content (AvgIpc) is 3.13. The Labute approximate surface area is 134 Å². The molecule has 0 aliphatic carbocycles. The topological polar surface area (TPSA) is 55.1 Å². The summed E-state index contributed by atoms with van der Waals surface area (Å²) >= 11 is 4.55. The number of thiophene rings is 2. The minimum absolute atomic E-state index is 0.00703. The minimum Gasteiger partial charge on any atom is -0.396 e. The molecule has 0 amide bonds. The van der Waals surface area contributed by atoms with E-state index in [1.807, 2.05) is 29.8 Å². The van der Waals surface area contributed by atoms with Crippen LogP contribution in [0.5, 0.6) is 0 Å². The monoisotopic (exact) mass is 338 g/mol. The van der Waals surface area contributed by atoms with Crippen LogP contribution < -0.4 is 5.56 Å². The molecule has 0 atom stereocenters. The van der Waals surface area contributed by atoms with Gasteiger partial charge in [0.15, 0.2) is 5.16 Å². The fourth-order valence-electron chi connectivity index (χ4n) is 2.14. The summed E-state index contributed by atoms with van der Waals surface area (Å²) in [5.74, 6) is 0.543. The molecule has 7 heteroatoms. The normalized spacial score (nSPS) is 11.3. The molecule has 0 aliphatic heterocycles. The third-order valence-electron chi connectivity index (χ3n) is 3.08. The minimum atomic E-state index is 0.00703. The lowest BCUT2D eigenvalue weighted by Crippen LogP contribution is -2.22. The van der Waals surface area contributed by atoms with Crippen LogP contribution in [0.25, 0.3) is 20.7 Å². The van der Waals surface area contributed by atoms with E-state index in [9.17, 15) is 4.79 Å². The molecule has 110 valence electrons. The third-order valence-corrected chi connectivity index (χ3v) is 5.82. The van der Waals surface area contributed by atoms with Gasteiger partial charge in [-0.05, 0) is 18.4 Å². The van der Waals surface area contributed by atoms with E-state index < -0.39 is 0 Å². The molecule has 0 radical (unpaired) electrons. The number of aliphatic hydroxyl groups excluding tert-OH is 1. The molecule has 0 saturated carbocycles. The zero-order chi connectivity index (χ0) is 14.8. The Balaban J connectivity index is 2.22. The van der Waals surface area contributed by atoms with Crippen molar-refractivity contribution in [3.63, 3.8) is 0 Å². The first-order valence-electron chi connectivity index (χ1n) is 6.55. The maximum atomic E-state index is 12.8. The van der Waals surface area contributed by atoms with Crippen LogP contribution in [0, 0.1) is 0 Å². The van der Waals surface area contributed by atoms with Gasteiger partial charge in [0.2, 0.25) is 0 Å². The average molecular weight is 338 g/mol. The molecule has 3 aromatic heterocycles. The summed E-state index contributed by atoms with van der Waals surface area (Å²) in [4.78, 5) is 19.3. The molecule has 3 rings (SSSR count). The first kappa shape index (κ1) is 14.8. The number of hydrogen-bond acceptors (Lipinski definition) is 6. The number of aliphatic hydroxyl groups is 1. The summed E-state index contributed by atoms with van der Waals surface area (Å²) in [5.41, 5.74) is 0.982. The summed E-state index contributed by atoms with van der Waals surface area (Å²) in [5, 5.41) is 14.4. The second-order valence-electron chi connectivity index (χ2n) is 4.32. The van der Waals surface area contributed by atoms with E-state index in [-0.39, 0.29) is 12.2 Å². The van der Waals surface area contributed by atoms with Gasteiger partial charge in [-0.3, -0.25) is 9.36 Å². The van der Waals surface area contributed by atoms with Crippen LogP contribution >= 0.6 is 34.4 Å². The summed E-state index contributed by atoms with van der Waals surface area (Å²) in [6.45, 7) is 2.59. The van der Waals surface area contributed by atoms with E-state index >= 15 is 0 Å². The van der Waals surface area contributed by atoms with Crippen molar-refractivity contribution in [2.75, 3.05) is 12.4 Å². The zero-order valence-corrected chi connectivity index (χ0v) is 13.9. The molecular weight excluding hydrogens is 324 g/mol. The Morgan fingerprint density at radius 2 is 2.29 bits per heavy atom. The van der Waals surface area contributed by atoms with Crippen LogP contribution in [0.2, 0.25) is 0 Å². The van der Waals surface area contributed by atoms with Crippen LogP contribution in [0.1, 0.15) is 6.92 Å². The Hall–Kier alpha value is -1.15. The fraction of sp³-hybridized carbons (Fsp3) is 0.286. The number of hydrogen-bond donors (Lipinski definition) is 1. The highest BCUT2D eigenvalue weighted by molar-refractivity contribution is 7.99. The highest BCUT2D eigenvalue weighted by Gasteiger charge is 2.16. The molecule has 0 aliphatic rings. The molecule has 1 N–H and O–H groups in total. The first-order valence-corrected chi connectivity index (χ1v) is 9.30. The first-order chi connectivity index (χ1) is 10.3. The Morgan fingerprint density at radius 3 is 2.95 bits per heavy atom.